The van der Waals surface area contributed by atoms with Gasteiger partial charge >= 0.3 is 0 Å². The molecule has 0 saturated heterocycles. The monoisotopic (exact) mass is 271 g/mol. The smallest absolute Gasteiger partial charge is 0.147 e. The molecule has 0 aliphatic carbocycles. The fourth-order valence-electron chi connectivity index (χ4n) is 1.28. The van der Waals surface area contributed by atoms with E-state index in [2.05, 4.69) is 15.5 Å². The van der Waals surface area contributed by atoms with Gasteiger partial charge in [0.1, 0.15) is 15.8 Å². The Morgan fingerprint density at radius 2 is 2.18 bits per heavy atom. The highest BCUT2D eigenvalue weighted by molar-refractivity contribution is 7.14. The molecule has 0 bridgehead atoms. The molecule has 0 aliphatic heterocycles. The van der Waals surface area contributed by atoms with Crippen LogP contribution in [0.4, 0.5) is 4.39 Å². The molecule has 1 atom stereocenters. The van der Waals surface area contributed by atoms with Crippen LogP contribution >= 0.6 is 22.9 Å². The van der Waals surface area contributed by atoms with Crippen molar-refractivity contribution < 1.29 is 4.39 Å². The van der Waals surface area contributed by atoms with Gasteiger partial charge in [-0.2, -0.15) is 0 Å². The van der Waals surface area contributed by atoms with Crippen LogP contribution in [0.2, 0.25) is 5.02 Å². The molecule has 1 aromatic carbocycles. The van der Waals surface area contributed by atoms with Crippen molar-refractivity contribution in [1.29, 1.82) is 0 Å². The summed E-state index contributed by atoms with van der Waals surface area (Å²) in [5.41, 5.74) is 0.781. The van der Waals surface area contributed by atoms with E-state index < -0.39 is 5.82 Å². The van der Waals surface area contributed by atoms with E-state index in [-0.39, 0.29) is 11.1 Å². The first kappa shape index (κ1) is 12.4. The molecule has 17 heavy (non-hydrogen) atoms. The number of nitrogens with one attached hydrogen (secondary N) is 1. The lowest BCUT2D eigenvalue weighted by atomic mass is 10.2. The molecule has 1 aromatic heterocycles. The average molecular weight is 272 g/mol. The quantitative estimate of drug-likeness (QED) is 0.931. The second-order valence-corrected chi connectivity index (χ2v) is 5.00. The predicted molar refractivity (Wildman–Crippen MR) is 67.8 cm³/mol. The summed E-state index contributed by atoms with van der Waals surface area (Å²) in [5, 5.41) is 13.0. The van der Waals surface area contributed by atoms with Crippen molar-refractivity contribution in [1.82, 2.24) is 15.5 Å². The Hall–Kier alpha value is -1.04. The molecule has 0 fully saturated rings. The lowest BCUT2D eigenvalue weighted by molar-refractivity contribution is 0.628. The van der Waals surface area contributed by atoms with Gasteiger partial charge in [0, 0.05) is 5.56 Å². The van der Waals surface area contributed by atoms with Crippen LogP contribution in [0.25, 0.3) is 10.6 Å². The van der Waals surface area contributed by atoms with E-state index in [0.717, 1.165) is 15.6 Å². The maximum absolute atomic E-state index is 13.0. The SMILES string of the molecule is CNC(C)c1nnc(-c2ccc(F)c(Cl)c2)s1. The van der Waals surface area contributed by atoms with Gasteiger partial charge in [-0.05, 0) is 32.2 Å². The number of hydrogen-bond acceptors (Lipinski definition) is 4. The van der Waals surface area contributed by atoms with E-state index >= 15 is 0 Å². The molecule has 0 aliphatic rings. The van der Waals surface area contributed by atoms with Crippen LogP contribution < -0.4 is 5.32 Å². The Kier molecular flexibility index (Phi) is 3.71. The molecule has 0 spiro atoms. The van der Waals surface area contributed by atoms with Crippen LogP contribution in [0.1, 0.15) is 18.0 Å². The Balaban J connectivity index is 2.33. The summed E-state index contributed by atoms with van der Waals surface area (Å²) < 4.78 is 13.0. The fraction of sp³-hybridized carbons (Fsp3) is 0.273. The van der Waals surface area contributed by atoms with Crippen LogP contribution in [-0.2, 0) is 0 Å². The third-order valence-electron chi connectivity index (χ3n) is 2.41. The van der Waals surface area contributed by atoms with Gasteiger partial charge in [-0.25, -0.2) is 4.39 Å². The van der Waals surface area contributed by atoms with Gasteiger partial charge in [0.15, 0.2) is 0 Å². The summed E-state index contributed by atoms with van der Waals surface area (Å²) >= 11 is 7.20. The highest BCUT2D eigenvalue weighted by Gasteiger charge is 2.12. The zero-order valence-electron chi connectivity index (χ0n) is 9.37. The van der Waals surface area contributed by atoms with Crippen LogP contribution in [0.3, 0.4) is 0 Å². The Labute approximate surface area is 108 Å². The predicted octanol–water partition coefficient (Wildman–Crippen LogP) is 3.28. The average Bonchev–Trinajstić information content (AvgIpc) is 2.81. The van der Waals surface area contributed by atoms with E-state index in [1.54, 1.807) is 12.1 Å². The number of hydrogen-bond donors (Lipinski definition) is 1. The van der Waals surface area contributed by atoms with Gasteiger partial charge in [0.05, 0.1) is 11.1 Å². The highest BCUT2D eigenvalue weighted by Crippen LogP contribution is 2.29. The van der Waals surface area contributed by atoms with Crippen molar-refractivity contribution >= 4 is 22.9 Å². The second-order valence-electron chi connectivity index (χ2n) is 3.58. The summed E-state index contributed by atoms with van der Waals surface area (Å²) in [6.07, 6.45) is 0. The minimum absolute atomic E-state index is 0.0981. The zero-order chi connectivity index (χ0) is 12.4. The first-order valence-corrected chi connectivity index (χ1v) is 6.27. The molecular weight excluding hydrogens is 261 g/mol. The standard InChI is InChI=1S/C11H11ClFN3S/c1-6(14-2)10-15-16-11(17-10)7-3-4-9(13)8(12)5-7/h3-6,14H,1-2H3. The topological polar surface area (TPSA) is 37.8 Å². The zero-order valence-corrected chi connectivity index (χ0v) is 10.9. The number of nitrogens with zero attached hydrogens (tertiary/aromatic N) is 2. The van der Waals surface area contributed by atoms with Crippen LogP contribution in [0.15, 0.2) is 18.2 Å². The number of halogens is 2. The molecule has 0 amide bonds. The minimum Gasteiger partial charge on any atom is -0.311 e. The van der Waals surface area contributed by atoms with Crippen molar-refractivity contribution in [3.05, 3.63) is 34.0 Å². The number of benzene rings is 1. The molecule has 1 unspecified atom stereocenters. The number of rotatable bonds is 3. The summed E-state index contributed by atoms with van der Waals surface area (Å²) in [6.45, 7) is 2.00. The molecule has 0 radical (unpaired) electrons. The maximum atomic E-state index is 13.0. The first-order chi connectivity index (χ1) is 8.11. The van der Waals surface area contributed by atoms with Gasteiger partial charge in [-0.1, -0.05) is 22.9 Å². The Morgan fingerprint density at radius 1 is 1.41 bits per heavy atom. The van der Waals surface area contributed by atoms with Gasteiger partial charge in [0.25, 0.3) is 0 Å². The second kappa shape index (κ2) is 5.08. The van der Waals surface area contributed by atoms with E-state index in [1.165, 1.54) is 17.4 Å². The van der Waals surface area contributed by atoms with Crippen LogP contribution in [0, 0.1) is 5.82 Å². The largest absolute Gasteiger partial charge is 0.311 e. The van der Waals surface area contributed by atoms with E-state index in [4.69, 9.17) is 11.6 Å². The molecular formula is C11H11ClFN3S. The maximum Gasteiger partial charge on any atom is 0.147 e. The van der Waals surface area contributed by atoms with Crippen molar-refractivity contribution in [2.24, 2.45) is 0 Å². The lowest BCUT2D eigenvalue weighted by Crippen LogP contribution is -2.11. The summed E-state index contributed by atoms with van der Waals surface area (Å²) in [7, 11) is 1.86. The van der Waals surface area contributed by atoms with E-state index in [1.807, 2.05) is 14.0 Å². The molecule has 1 heterocycles. The Morgan fingerprint density at radius 3 is 2.82 bits per heavy atom. The number of aromatic nitrogens is 2. The van der Waals surface area contributed by atoms with Crippen molar-refractivity contribution in [2.75, 3.05) is 7.05 Å². The van der Waals surface area contributed by atoms with Crippen molar-refractivity contribution in [3.63, 3.8) is 0 Å². The molecule has 6 heteroatoms. The lowest BCUT2D eigenvalue weighted by Gasteiger charge is -2.03. The Bertz CT molecular complexity index is 529. The third kappa shape index (κ3) is 2.62. The highest BCUT2D eigenvalue weighted by atomic mass is 35.5. The third-order valence-corrected chi connectivity index (χ3v) is 3.86. The minimum atomic E-state index is -0.427. The first-order valence-electron chi connectivity index (χ1n) is 5.08. The molecule has 3 nitrogen and oxygen atoms in total. The fourth-order valence-corrected chi connectivity index (χ4v) is 2.36. The molecule has 1 N–H and O–H groups in total. The molecule has 0 saturated carbocycles. The molecule has 90 valence electrons. The molecule has 2 aromatic rings. The van der Waals surface area contributed by atoms with Crippen LogP contribution in [0.5, 0.6) is 0 Å². The van der Waals surface area contributed by atoms with Gasteiger partial charge in [0.2, 0.25) is 0 Å². The van der Waals surface area contributed by atoms with E-state index in [9.17, 15) is 4.39 Å². The van der Waals surface area contributed by atoms with Gasteiger partial charge in [-0.15, -0.1) is 10.2 Å². The summed E-state index contributed by atoms with van der Waals surface area (Å²) in [4.78, 5) is 0. The summed E-state index contributed by atoms with van der Waals surface area (Å²) in [6, 6.07) is 4.69. The van der Waals surface area contributed by atoms with E-state index in [0.29, 0.717) is 0 Å². The van der Waals surface area contributed by atoms with Gasteiger partial charge in [-0.3, -0.25) is 0 Å². The molecule has 2 rings (SSSR count). The summed E-state index contributed by atoms with van der Waals surface area (Å²) in [5.74, 6) is -0.427. The van der Waals surface area contributed by atoms with Crippen molar-refractivity contribution in [2.45, 2.75) is 13.0 Å². The normalized spacial score (nSPS) is 12.7. The van der Waals surface area contributed by atoms with Crippen LogP contribution in [-0.4, -0.2) is 17.2 Å². The van der Waals surface area contributed by atoms with Gasteiger partial charge < -0.3 is 5.32 Å². The van der Waals surface area contributed by atoms with Crippen molar-refractivity contribution in [3.8, 4) is 10.6 Å².